The predicted octanol–water partition coefficient (Wildman–Crippen LogP) is 3.90. The number of aryl methyl sites for hydroxylation is 1. The number of hydrogen-bond donors (Lipinski definition) is 3. The van der Waals surface area contributed by atoms with E-state index in [-0.39, 0.29) is 38.6 Å². The third kappa shape index (κ3) is 8.81. The summed E-state index contributed by atoms with van der Waals surface area (Å²) in [4.78, 5) is 46.5. The molecule has 11 nitrogen and oxygen atoms in total. The van der Waals surface area contributed by atoms with Gasteiger partial charge in [0.1, 0.15) is 17.8 Å². The molecule has 254 valence electrons. The number of benzene rings is 1. The van der Waals surface area contributed by atoms with Crippen LogP contribution in [-0.2, 0) is 30.4 Å². The number of unbranched alkanes of at least 4 members (excludes halogenated alkanes) is 1. The van der Waals surface area contributed by atoms with Gasteiger partial charge in [-0.05, 0) is 56.1 Å². The molecule has 1 aliphatic heterocycles. The minimum Gasteiger partial charge on any atom is -0.493 e. The molecule has 3 atom stereocenters. The number of rotatable bonds is 15. The van der Waals surface area contributed by atoms with Gasteiger partial charge in [-0.1, -0.05) is 32.9 Å². The van der Waals surface area contributed by atoms with Crippen LogP contribution < -0.4 is 15.4 Å². The van der Waals surface area contributed by atoms with Crippen LogP contribution in [0.25, 0.3) is 10.4 Å². The highest BCUT2D eigenvalue weighted by Gasteiger charge is 2.53. The zero-order valence-corrected chi connectivity index (χ0v) is 28.4. The van der Waals surface area contributed by atoms with E-state index in [1.54, 1.807) is 40.5 Å². The van der Waals surface area contributed by atoms with E-state index in [9.17, 15) is 23.9 Å². The highest BCUT2D eigenvalue weighted by Crippen LogP contribution is 2.40. The van der Waals surface area contributed by atoms with Gasteiger partial charge < -0.3 is 34.9 Å². The first-order valence-corrected chi connectivity index (χ1v) is 16.6. The Morgan fingerprint density at radius 2 is 1.91 bits per heavy atom. The molecule has 2 aromatic rings. The summed E-state index contributed by atoms with van der Waals surface area (Å²) in [7, 11) is 3.21. The summed E-state index contributed by atoms with van der Waals surface area (Å²) in [5, 5.41) is 16.0. The van der Waals surface area contributed by atoms with Crippen molar-refractivity contribution in [1.82, 2.24) is 20.5 Å². The lowest BCUT2D eigenvalue weighted by atomic mass is 9.85. The smallest absolute Gasteiger partial charge is 0.258 e. The molecule has 4 rings (SSSR count). The number of aliphatic hydroxyl groups excluding tert-OH is 1. The number of alkyl halides is 1. The van der Waals surface area contributed by atoms with Crippen LogP contribution in [0.1, 0.15) is 70.6 Å². The highest BCUT2D eigenvalue weighted by molar-refractivity contribution is 7.13. The summed E-state index contributed by atoms with van der Waals surface area (Å²) in [6, 6.07) is 3.78. The van der Waals surface area contributed by atoms with Gasteiger partial charge in [-0.25, -0.2) is 9.37 Å². The Labute approximate surface area is 274 Å². The Bertz CT molecular complexity index is 1370. The van der Waals surface area contributed by atoms with Crippen molar-refractivity contribution in [3.8, 4) is 16.2 Å². The molecule has 13 heteroatoms. The van der Waals surface area contributed by atoms with Crippen LogP contribution in [0.15, 0.2) is 23.7 Å². The minimum atomic E-state index is -1.95. The Hall–Kier alpha value is -3.13. The van der Waals surface area contributed by atoms with Crippen molar-refractivity contribution in [1.29, 1.82) is 0 Å². The molecule has 0 spiro atoms. The van der Waals surface area contributed by atoms with Crippen LogP contribution in [0, 0.1) is 12.3 Å². The van der Waals surface area contributed by atoms with Crippen LogP contribution >= 0.6 is 11.3 Å². The molecular weight excluding hydrogens is 615 g/mol. The van der Waals surface area contributed by atoms with Crippen LogP contribution in [0.5, 0.6) is 5.75 Å². The van der Waals surface area contributed by atoms with E-state index >= 15 is 0 Å². The Morgan fingerprint density at radius 3 is 2.52 bits per heavy atom. The number of likely N-dealkylation sites (tertiary alicyclic amines) is 1. The van der Waals surface area contributed by atoms with E-state index in [1.807, 2.05) is 25.1 Å². The molecule has 0 bridgehead atoms. The van der Waals surface area contributed by atoms with Gasteiger partial charge in [0.05, 0.1) is 28.8 Å². The molecule has 0 radical (unpaired) electrons. The van der Waals surface area contributed by atoms with E-state index in [2.05, 4.69) is 15.6 Å². The fourth-order valence-corrected chi connectivity index (χ4v) is 6.30. The van der Waals surface area contributed by atoms with Crippen molar-refractivity contribution in [2.75, 3.05) is 27.4 Å². The lowest BCUT2D eigenvalue weighted by Gasteiger charge is -2.35. The number of nitrogens with zero attached hydrogens (tertiary/aromatic N) is 2. The number of hydrogen-bond acceptors (Lipinski definition) is 9. The van der Waals surface area contributed by atoms with E-state index in [0.29, 0.717) is 12.4 Å². The lowest BCUT2D eigenvalue weighted by molar-refractivity contribution is -0.145. The number of amides is 3. The van der Waals surface area contributed by atoms with Crippen molar-refractivity contribution in [3.05, 3.63) is 35.0 Å². The molecule has 1 aromatic heterocycles. The number of methoxy groups -OCH3 is 2. The summed E-state index contributed by atoms with van der Waals surface area (Å²) >= 11 is 1.54. The predicted molar refractivity (Wildman–Crippen MR) is 172 cm³/mol. The number of aromatic nitrogens is 1. The first-order valence-electron chi connectivity index (χ1n) is 15.7. The molecule has 3 amide bonds. The summed E-state index contributed by atoms with van der Waals surface area (Å²) in [6.45, 7) is 7.76. The number of halogens is 1. The Balaban J connectivity index is 1.45. The van der Waals surface area contributed by atoms with Crippen LogP contribution in [0.2, 0.25) is 0 Å². The second-order valence-electron chi connectivity index (χ2n) is 13.2. The highest BCUT2D eigenvalue weighted by atomic mass is 32.1. The van der Waals surface area contributed by atoms with Crippen LogP contribution in [0.3, 0.4) is 0 Å². The van der Waals surface area contributed by atoms with Gasteiger partial charge in [-0.15, -0.1) is 11.3 Å². The van der Waals surface area contributed by atoms with Gasteiger partial charge in [-0.3, -0.25) is 14.4 Å². The molecule has 1 aliphatic carbocycles. The molecule has 2 aliphatic rings. The summed E-state index contributed by atoms with van der Waals surface area (Å²) in [6.07, 6.45) is 1.45. The fraction of sp³-hybridized carbons (Fsp3) is 0.636. The van der Waals surface area contributed by atoms with Crippen LogP contribution in [0.4, 0.5) is 4.39 Å². The molecule has 2 fully saturated rings. The molecule has 2 heterocycles. The maximum Gasteiger partial charge on any atom is 0.258 e. The Kier molecular flexibility index (Phi) is 11.8. The summed E-state index contributed by atoms with van der Waals surface area (Å²) in [5.41, 5.74) is 1.70. The first-order chi connectivity index (χ1) is 21.8. The van der Waals surface area contributed by atoms with E-state index < -0.39 is 47.0 Å². The van der Waals surface area contributed by atoms with E-state index in [4.69, 9.17) is 14.2 Å². The van der Waals surface area contributed by atoms with Crippen molar-refractivity contribution >= 4 is 29.1 Å². The Morgan fingerprint density at radius 1 is 1.20 bits per heavy atom. The third-order valence-corrected chi connectivity index (χ3v) is 9.47. The van der Waals surface area contributed by atoms with Gasteiger partial charge in [-0.2, -0.15) is 0 Å². The van der Waals surface area contributed by atoms with Crippen molar-refractivity contribution in [2.45, 2.75) is 103 Å². The minimum absolute atomic E-state index is 0.0479. The SMILES string of the molecule is COC(CCCCOc1cc(-c2scnc2C)ccc1CNC(=O)[C@@H]1C[C@@H](O)CN1C(=O)[C@@H](NC(=O)C1(F)CC1)C(C)(C)C)OC. The topological polar surface area (TPSA) is 139 Å². The van der Waals surface area contributed by atoms with Gasteiger partial charge in [0.15, 0.2) is 12.0 Å². The van der Waals surface area contributed by atoms with Gasteiger partial charge >= 0.3 is 0 Å². The maximum absolute atomic E-state index is 14.5. The number of thiazole rings is 1. The standard InChI is InChI=1S/C33H47FN4O7S/c1-20-27(46-19-36-20)21-10-11-22(25(15-21)45-14-8-7-9-26(43-5)44-6)17-35-29(40)24-16-23(39)18-38(24)30(41)28(32(2,3)4)37-31(42)33(34)12-13-33/h10-11,15,19,23-24,26,28,39H,7-9,12-14,16-18H2,1-6H3,(H,35,40)(H,37,42)/t23-,24+,28-/m1/s1. The number of carbonyl (C=O) groups excluding carboxylic acids is 3. The largest absolute Gasteiger partial charge is 0.493 e. The van der Waals surface area contributed by atoms with E-state index in [0.717, 1.165) is 41.0 Å². The molecule has 0 unspecified atom stereocenters. The van der Waals surface area contributed by atoms with Crippen LogP contribution in [-0.4, -0.2) is 90.2 Å². The number of nitrogens with one attached hydrogen (secondary N) is 2. The number of aliphatic hydroxyl groups is 1. The molecule has 1 saturated carbocycles. The molecule has 1 aromatic carbocycles. The molecular formula is C33H47FN4O7S. The van der Waals surface area contributed by atoms with E-state index in [1.165, 1.54) is 16.2 Å². The zero-order valence-electron chi connectivity index (χ0n) is 27.6. The lowest BCUT2D eigenvalue weighted by Crippen LogP contribution is -2.59. The molecule has 46 heavy (non-hydrogen) atoms. The molecule has 3 N–H and O–H groups in total. The quantitative estimate of drug-likeness (QED) is 0.193. The average Bonchev–Trinajstić information content (AvgIpc) is 3.42. The number of β-amino-alcohol motifs (C(OH)–C–C–N with tert-alkyl or cyclic N) is 1. The van der Waals surface area contributed by atoms with Gasteiger partial charge in [0.2, 0.25) is 11.8 Å². The number of ether oxygens (including phenoxy) is 3. The van der Waals surface area contributed by atoms with Crippen molar-refractivity contribution < 1.29 is 38.1 Å². The van der Waals surface area contributed by atoms with Gasteiger partial charge in [0, 0.05) is 39.3 Å². The number of carbonyl (C=O) groups is 3. The monoisotopic (exact) mass is 662 g/mol. The normalized spacial score (nSPS) is 19.6. The fourth-order valence-electron chi connectivity index (χ4n) is 5.50. The second-order valence-corrected chi connectivity index (χ2v) is 14.0. The van der Waals surface area contributed by atoms with Crippen molar-refractivity contribution in [3.63, 3.8) is 0 Å². The molecule has 1 saturated heterocycles. The zero-order chi connectivity index (χ0) is 33.6. The van der Waals surface area contributed by atoms with Gasteiger partial charge in [0.25, 0.3) is 5.91 Å². The summed E-state index contributed by atoms with van der Waals surface area (Å²) < 4.78 is 31.2. The summed E-state index contributed by atoms with van der Waals surface area (Å²) in [5.74, 6) is -1.16. The first kappa shape index (κ1) is 35.7. The second kappa shape index (κ2) is 15.2. The maximum atomic E-state index is 14.5. The average molecular weight is 663 g/mol. The van der Waals surface area contributed by atoms with Crippen molar-refractivity contribution in [2.24, 2.45) is 5.41 Å². The third-order valence-electron chi connectivity index (χ3n) is 8.49.